The lowest BCUT2D eigenvalue weighted by Gasteiger charge is -2.24. The number of carbonyl (C=O) groups excluding carboxylic acids is 1. The van der Waals surface area contributed by atoms with Gasteiger partial charge < -0.3 is 14.7 Å². The number of ether oxygens (including phenoxy) is 1. The summed E-state index contributed by atoms with van der Waals surface area (Å²) >= 11 is 0. The van der Waals surface area contributed by atoms with Crippen LogP contribution in [0.5, 0.6) is 5.75 Å². The minimum absolute atomic E-state index is 0.0120. The van der Waals surface area contributed by atoms with Crippen LogP contribution in [0.25, 0.3) is 0 Å². The van der Waals surface area contributed by atoms with E-state index < -0.39 is 12.1 Å². The second-order valence-electron chi connectivity index (χ2n) is 5.32. The molecule has 1 amide bonds. The zero-order chi connectivity index (χ0) is 14.1. The van der Waals surface area contributed by atoms with Crippen molar-refractivity contribution >= 4 is 11.9 Å². The first-order valence-corrected chi connectivity index (χ1v) is 6.92. The van der Waals surface area contributed by atoms with Crippen molar-refractivity contribution < 1.29 is 19.4 Å². The Hall–Kier alpha value is -2.04. The minimum Gasteiger partial charge on any atom is -0.481 e. The quantitative estimate of drug-likeness (QED) is 0.883. The number of hydrogen-bond acceptors (Lipinski definition) is 3. The fraction of sp³-hybridized carbons (Fsp3) is 0.467. The Labute approximate surface area is 117 Å². The van der Waals surface area contributed by atoms with Crippen LogP contribution >= 0.6 is 0 Å². The minimum atomic E-state index is -0.876. The number of rotatable bonds is 5. The normalized spacial score (nSPS) is 20.1. The first kappa shape index (κ1) is 13.0. The number of benzene rings is 1. The molecule has 0 aromatic heterocycles. The van der Waals surface area contributed by atoms with Crippen molar-refractivity contribution in [2.45, 2.75) is 37.8 Å². The summed E-state index contributed by atoms with van der Waals surface area (Å²) in [6.07, 6.45) is 1.99. The van der Waals surface area contributed by atoms with Gasteiger partial charge in [0.05, 0.1) is 6.42 Å². The molecular formula is C15H17NO4. The van der Waals surface area contributed by atoms with Crippen molar-refractivity contribution in [3.63, 3.8) is 0 Å². The molecule has 0 spiro atoms. The van der Waals surface area contributed by atoms with E-state index in [0.717, 1.165) is 24.2 Å². The second kappa shape index (κ2) is 5.15. The number of carboxylic acids is 1. The van der Waals surface area contributed by atoms with Gasteiger partial charge in [-0.25, -0.2) is 0 Å². The van der Waals surface area contributed by atoms with E-state index in [4.69, 9.17) is 9.84 Å². The van der Waals surface area contributed by atoms with Crippen LogP contribution in [0.2, 0.25) is 0 Å². The number of carbonyl (C=O) groups is 2. The van der Waals surface area contributed by atoms with E-state index in [2.05, 4.69) is 0 Å². The molecule has 1 N–H and O–H groups in total. The van der Waals surface area contributed by atoms with E-state index in [1.165, 1.54) is 0 Å². The Morgan fingerprint density at radius 2 is 2.05 bits per heavy atom. The van der Waals surface area contributed by atoms with E-state index in [9.17, 15) is 9.59 Å². The number of nitrogens with zero attached hydrogens (tertiary/aromatic N) is 1. The number of carboxylic acid groups (broad SMARTS) is 1. The Balaban J connectivity index is 1.67. The molecule has 1 aliphatic heterocycles. The molecule has 5 nitrogen and oxygen atoms in total. The third kappa shape index (κ3) is 2.61. The Morgan fingerprint density at radius 3 is 2.70 bits per heavy atom. The highest BCUT2D eigenvalue weighted by molar-refractivity contribution is 5.83. The number of fused-ring (bicyclic) bond motifs is 1. The molecule has 2 aliphatic rings. The first-order chi connectivity index (χ1) is 9.65. The van der Waals surface area contributed by atoms with Gasteiger partial charge in [-0.2, -0.15) is 0 Å². The molecule has 1 atom stereocenters. The summed E-state index contributed by atoms with van der Waals surface area (Å²) in [5.41, 5.74) is 1.04. The molecule has 1 aromatic rings. The van der Waals surface area contributed by atoms with Crippen molar-refractivity contribution in [3.8, 4) is 5.75 Å². The van der Waals surface area contributed by atoms with Crippen LogP contribution in [0, 0.1) is 0 Å². The third-order valence-electron chi connectivity index (χ3n) is 3.76. The molecular weight excluding hydrogens is 258 g/mol. The summed E-state index contributed by atoms with van der Waals surface area (Å²) in [4.78, 5) is 24.9. The second-order valence-corrected chi connectivity index (χ2v) is 5.32. The maximum Gasteiger partial charge on any atom is 0.305 e. The van der Waals surface area contributed by atoms with Crippen molar-refractivity contribution in [3.05, 3.63) is 29.8 Å². The maximum atomic E-state index is 12.5. The molecule has 1 heterocycles. The fourth-order valence-electron chi connectivity index (χ4n) is 2.58. The van der Waals surface area contributed by atoms with Crippen molar-refractivity contribution in [1.29, 1.82) is 0 Å². The summed E-state index contributed by atoms with van der Waals surface area (Å²) in [6, 6.07) is 7.84. The molecule has 106 valence electrons. The lowest BCUT2D eigenvalue weighted by atomic mass is 10.1. The number of hydrogen-bond donors (Lipinski definition) is 1. The summed E-state index contributed by atoms with van der Waals surface area (Å²) in [6.45, 7) is 0.273. The molecule has 1 unspecified atom stereocenters. The monoisotopic (exact) mass is 275 g/mol. The molecule has 5 heteroatoms. The summed E-state index contributed by atoms with van der Waals surface area (Å²) in [7, 11) is 0. The van der Waals surface area contributed by atoms with E-state index in [0.29, 0.717) is 6.42 Å². The summed E-state index contributed by atoms with van der Waals surface area (Å²) in [5, 5.41) is 8.78. The molecule has 0 bridgehead atoms. The van der Waals surface area contributed by atoms with Crippen molar-refractivity contribution in [2.24, 2.45) is 0 Å². The van der Waals surface area contributed by atoms with Gasteiger partial charge in [-0.1, -0.05) is 18.2 Å². The van der Waals surface area contributed by atoms with Crippen LogP contribution in [0.15, 0.2) is 24.3 Å². The summed E-state index contributed by atoms with van der Waals surface area (Å²) in [5.74, 6) is -0.191. The van der Waals surface area contributed by atoms with Crippen LogP contribution in [0.4, 0.5) is 0 Å². The molecule has 20 heavy (non-hydrogen) atoms. The van der Waals surface area contributed by atoms with E-state index >= 15 is 0 Å². The lowest BCUT2D eigenvalue weighted by molar-refractivity contribution is -0.141. The highest BCUT2D eigenvalue weighted by Gasteiger charge is 2.39. The molecule has 3 rings (SSSR count). The molecule has 1 fully saturated rings. The largest absolute Gasteiger partial charge is 0.481 e. The summed E-state index contributed by atoms with van der Waals surface area (Å²) < 4.78 is 5.70. The van der Waals surface area contributed by atoms with Gasteiger partial charge in [0.2, 0.25) is 0 Å². The van der Waals surface area contributed by atoms with Crippen molar-refractivity contribution in [1.82, 2.24) is 4.90 Å². The van der Waals surface area contributed by atoms with Gasteiger partial charge in [0.25, 0.3) is 5.91 Å². The fourth-order valence-corrected chi connectivity index (χ4v) is 2.58. The van der Waals surface area contributed by atoms with Gasteiger partial charge in [0.15, 0.2) is 6.10 Å². The van der Waals surface area contributed by atoms with Gasteiger partial charge in [0, 0.05) is 19.0 Å². The van der Waals surface area contributed by atoms with E-state index in [1.54, 1.807) is 4.90 Å². The molecule has 0 radical (unpaired) electrons. The third-order valence-corrected chi connectivity index (χ3v) is 3.76. The average Bonchev–Trinajstić information content (AvgIpc) is 3.16. The van der Waals surface area contributed by atoms with Crippen molar-refractivity contribution in [2.75, 3.05) is 6.54 Å². The standard InChI is InChI=1S/C15H17NO4/c17-14(18)7-8-16(11-5-6-11)15(19)13-9-10-3-1-2-4-12(10)20-13/h1-4,11,13H,5-9H2,(H,17,18). The van der Waals surface area contributed by atoms with E-state index in [1.807, 2.05) is 24.3 Å². The Bertz CT molecular complexity index is 513. The van der Waals surface area contributed by atoms with Crippen LogP contribution in [0.3, 0.4) is 0 Å². The van der Waals surface area contributed by atoms with Crippen LogP contribution in [0.1, 0.15) is 24.8 Å². The van der Waals surface area contributed by atoms with Gasteiger partial charge in [-0.05, 0) is 24.5 Å². The SMILES string of the molecule is O=C(O)CCN(C(=O)C1Cc2ccccc2O1)C1CC1. The highest BCUT2D eigenvalue weighted by Crippen LogP contribution is 2.32. The molecule has 1 aliphatic carbocycles. The van der Waals surface area contributed by atoms with E-state index in [-0.39, 0.29) is 24.9 Å². The Kier molecular flexibility index (Phi) is 3.34. The van der Waals surface area contributed by atoms with Crippen LogP contribution in [-0.4, -0.2) is 40.6 Å². The van der Waals surface area contributed by atoms with Crippen LogP contribution in [-0.2, 0) is 16.0 Å². The van der Waals surface area contributed by atoms with Crippen LogP contribution < -0.4 is 4.74 Å². The first-order valence-electron chi connectivity index (χ1n) is 6.92. The molecule has 0 saturated heterocycles. The predicted molar refractivity (Wildman–Crippen MR) is 71.5 cm³/mol. The topological polar surface area (TPSA) is 66.8 Å². The van der Waals surface area contributed by atoms with Gasteiger partial charge in [-0.15, -0.1) is 0 Å². The predicted octanol–water partition coefficient (Wildman–Crippen LogP) is 1.46. The van der Waals surface area contributed by atoms with Gasteiger partial charge in [0.1, 0.15) is 5.75 Å². The highest BCUT2D eigenvalue weighted by atomic mass is 16.5. The number of para-hydroxylation sites is 1. The van der Waals surface area contributed by atoms with Gasteiger partial charge in [-0.3, -0.25) is 9.59 Å². The zero-order valence-electron chi connectivity index (χ0n) is 11.1. The number of amides is 1. The molecule has 1 aromatic carbocycles. The lowest BCUT2D eigenvalue weighted by Crippen LogP contribution is -2.43. The number of aliphatic carboxylic acids is 1. The molecule has 1 saturated carbocycles. The maximum absolute atomic E-state index is 12.5. The Morgan fingerprint density at radius 1 is 1.30 bits per heavy atom. The average molecular weight is 275 g/mol. The smallest absolute Gasteiger partial charge is 0.305 e. The van der Waals surface area contributed by atoms with Gasteiger partial charge >= 0.3 is 5.97 Å². The zero-order valence-corrected chi connectivity index (χ0v) is 11.1.